The molecule has 0 aliphatic heterocycles. The van der Waals surface area contributed by atoms with Crippen LogP contribution in [0.25, 0.3) is 0 Å². The molecule has 0 aromatic rings. The van der Waals surface area contributed by atoms with E-state index in [1.54, 1.807) is 0 Å². The van der Waals surface area contributed by atoms with Gasteiger partial charge in [-0.15, -0.1) is 6.42 Å². The highest BCUT2D eigenvalue weighted by atomic mass is 16.4. The summed E-state index contributed by atoms with van der Waals surface area (Å²) in [5.41, 5.74) is -2.48. The molecule has 5 heteroatoms. The molecule has 4 aliphatic carbocycles. The smallest absolute Gasteiger partial charge is 0.295 e. The summed E-state index contributed by atoms with van der Waals surface area (Å²) in [6.45, 7) is 4.95. The first-order chi connectivity index (χ1) is 13.1. The summed E-state index contributed by atoms with van der Waals surface area (Å²) in [7, 11) is 0. The average molecular weight is 390 g/mol. The molecule has 4 fully saturated rings. The molecule has 2 bridgehead atoms. The van der Waals surface area contributed by atoms with Crippen LogP contribution >= 0.6 is 0 Å². The lowest BCUT2D eigenvalue weighted by atomic mass is 9.41. The van der Waals surface area contributed by atoms with E-state index < -0.39 is 11.2 Å². The SMILES string of the molecule is C#CC(=O)NC[C@]1(C)CCC[C@]2(C)C1CC[C@]13CC(O)(CO)[C@](O)(CCC12)C3. The topological polar surface area (TPSA) is 89.8 Å². The van der Waals surface area contributed by atoms with E-state index in [9.17, 15) is 20.1 Å². The van der Waals surface area contributed by atoms with Gasteiger partial charge in [0, 0.05) is 6.54 Å². The number of rotatable bonds is 3. The van der Waals surface area contributed by atoms with Crippen LogP contribution in [0.5, 0.6) is 0 Å². The van der Waals surface area contributed by atoms with Gasteiger partial charge in [0.15, 0.2) is 0 Å². The van der Waals surface area contributed by atoms with Crippen molar-refractivity contribution in [3.05, 3.63) is 0 Å². The van der Waals surface area contributed by atoms with E-state index in [0.29, 0.717) is 37.6 Å². The highest BCUT2D eigenvalue weighted by Gasteiger charge is 2.71. The number of fused-ring (bicyclic) bond motifs is 3. The van der Waals surface area contributed by atoms with Crippen molar-refractivity contribution < 1.29 is 20.1 Å². The standard InChI is InChI=1S/C23H35NO4/c1-4-18(26)24-14-19(2)8-5-9-20(3)16(19)6-10-21-12-22(27,11-7-17(20)21)23(28,13-21)15-25/h1,16-17,25,27-28H,5-15H2,2-3H3,(H,24,26)/t16?,17?,19-,20+,21-,22-,23?/m0/s1. The minimum absolute atomic E-state index is 0.0146. The van der Waals surface area contributed by atoms with Crippen LogP contribution < -0.4 is 5.32 Å². The third kappa shape index (κ3) is 2.54. The molecule has 0 aromatic carbocycles. The number of carbonyl (C=O) groups excluding carboxylic acids is 1. The number of nitrogens with one attached hydrogen (secondary N) is 1. The van der Waals surface area contributed by atoms with Gasteiger partial charge in [-0.1, -0.05) is 20.3 Å². The Morgan fingerprint density at radius 3 is 2.50 bits per heavy atom. The second kappa shape index (κ2) is 6.20. The molecule has 0 saturated heterocycles. The van der Waals surface area contributed by atoms with Crippen molar-refractivity contribution in [2.75, 3.05) is 13.2 Å². The summed E-state index contributed by atoms with van der Waals surface area (Å²) in [5, 5.41) is 35.0. The molecular weight excluding hydrogens is 354 g/mol. The fourth-order valence-electron chi connectivity index (χ4n) is 8.49. The van der Waals surface area contributed by atoms with Crippen LogP contribution in [0.3, 0.4) is 0 Å². The molecule has 5 nitrogen and oxygen atoms in total. The maximum atomic E-state index is 11.7. The Bertz CT molecular complexity index is 716. The largest absolute Gasteiger partial charge is 0.393 e. The molecule has 0 heterocycles. The summed E-state index contributed by atoms with van der Waals surface area (Å²) in [4.78, 5) is 11.7. The molecule has 0 aromatic heterocycles. The second-order valence-corrected chi connectivity index (χ2v) is 11.0. The summed E-state index contributed by atoms with van der Waals surface area (Å²) in [6.07, 6.45) is 13.2. The Morgan fingerprint density at radius 1 is 1.11 bits per heavy atom. The minimum Gasteiger partial charge on any atom is -0.393 e. The molecule has 3 unspecified atom stereocenters. The Kier molecular flexibility index (Phi) is 4.47. The molecule has 7 atom stereocenters. The predicted octanol–water partition coefficient (Wildman–Crippen LogP) is 1.99. The van der Waals surface area contributed by atoms with E-state index in [-0.39, 0.29) is 28.8 Å². The zero-order chi connectivity index (χ0) is 20.4. The van der Waals surface area contributed by atoms with Crippen molar-refractivity contribution in [2.45, 2.75) is 82.8 Å². The van der Waals surface area contributed by atoms with E-state index in [2.05, 4.69) is 25.1 Å². The first-order valence-electron chi connectivity index (χ1n) is 10.9. The van der Waals surface area contributed by atoms with Crippen LogP contribution in [0.2, 0.25) is 0 Å². The van der Waals surface area contributed by atoms with E-state index in [1.165, 1.54) is 0 Å². The minimum atomic E-state index is -1.37. The van der Waals surface area contributed by atoms with Crippen LogP contribution in [0.4, 0.5) is 0 Å². The van der Waals surface area contributed by atoms with Crippen LogP contribution in [0.15, 0.2) is 0 Å². The van der Waals surface area contributed by atoms with Gasteiger partial charge < -0.3 is 20.6 Å². The summed E-state index contributed by atoms with van der Waals surface area (Å²) in [6, 6.07) is 0. The van der Waals surface area contributed by atoms with Gasteiger partial charge in [0.25, 0.3) is 5.91 Å². The molecule has 28 heavy (non-hydrogen) atoms. The van der Waals surface area contributed by atoms with Crippen LogP contribution in [0.1, 0.15) is 71.6 Å². The molecule has 0 radical (unpaired) electrons. The molecule has 4 N–H and O–H groups in total. The third-order valence-electron chi connectivity index (χ3n) is 9.61. The first-order valence-corrected chi connectivity index (χ1v) is 10.9. The van der Waals surface area contributed by atoms with Gasteiger partial charge in [0.05, 0.1) is 12.2 Å². The lowest BCUT2D eigenvalue weighted by Crippen LogP contribution is -2.59. The third-order valence-corrected chi connectivity index (χ3v) is 9.61. The van der Waals surface area contributed by atoms with Crippen LogP contribution in [0, 0.1) is 40.4 Å². The van der Waals surface area contributed by atoms with E-state index >= 15 is 0 Å². The van der Waals surface area contributed by atoms with E-state index in [0.717, 1.165) is 38.5 Å². The van der Waals surface area contributed by atoms with Crippen LogP contribution in [-0.4, -0.2) is 45.6 Å². The van der Waals surface area contributed by atoms with Gasteiger partial charge in [-0.05, 0) is 85.4 Å². The number of aliphatic hydroxyl groups excluding tert-OH is 1. The van der Waals surface area contributed by atoms with Gasteiger partial charge in [0.1, 0.15) is 5.60 Å². The van der Waals surface area contributed by atoms with Crippen molar-refractivity contribution in [1.29, 1.82) is 0 Å². The lowest BCUT2D eigenvalue weighted by Gasteiger charge is -2.64. The summed E-state index contributed by atoms with van der Waals surface area (Å²) < 4.78 is 0. The number of carbonyl (C=O) groups is 1. The lowest BCUT2D eigenvalue weighted by molar-refractivity contribution is -0.177. The van der Waals surface area contributed by atoms with Crippen molar-refractivity contribution in [3.8, 4) is 12.3 Å². The monoisotopic (exact) mass is 389 g/mol. The van der Waals surface area contributed by atoms with Gasteiger partial charge in [-0.25, -0.2) is 0 Å². The van der Waals surface area contributed by atoms with Crippen molar-refractivity contribution in [3.63, 3.8) is 0 Å². The zero-order valence-electron chi connectivity index (χ0n) is 17.3. The maximum absolute atomic E-state index is 11.7. The zero-order valence-corrected chi connectivity index (χ0v) is 17.3. The summed E-state index contributed by atoms with van der Waals surface area (Å²) in [5.74, 6) is 2.73. The Morgan fingerprint density at radius 2 is 1.82 bits per heavy atom. The van der Waals surface area contributed by atoms with Crippen molar-refractivity contribution in [2.24, 2.45) is 28.1 Å². The van der Waals surface area contributed by atoms with Gasteiger partial charge in [-0.3, -0.25) is 4.79 Å². The fourth-order valence-corrected chi connectivity index (χ4v) is 8.49. The molecule has 156 valence electrons. The molecule has 4 rings (SSSR count). The summed E-state index contributed by atoms with van der Waals surface area (Å²) >= 11 is 0. The fraction of sp³-hybridized carbons (Fsp3) is 0.870. The first kappa shape index (κ1) is 20.2. The normalized spacial score (nSPS) is 52.3. The van der Waals surface area contributed by atoms with Crippen LogP contribution in [-0.2, 0) is 4.79 Å². The van der Waals surface area contributed by atoms with Gasteiger partial charge in [-0.2, -0.15) is 0 Å². The number of hydrogen-bond donors (Lipinski definition) is 4. The average Bonchev–Trinajstić information content (AvgIpc) is 2.81. The van der Waals surface area contributed by atoms with E-state index in [4.69, 9.17) is 6.42 Å². The Hall–Kier alpha value is -1.09. The van der Waals surface area contributed by atoms with Gasteiger partial charge in [0.2, 0.25) is 0 Å². The Balaban J connectivity index is 1.65. The molecular formula is C23H35NO4. The maximum Gasteiger partial charge on any atom is 0.295 e. The van der Waals surface area contributed by atoms with Crippen molar-refractivity contribution in [1.82, 2.24) is 5.32 Å². The predicted molar refractivity (Wildman–Crippen MR) is 106 cm³/mol. The van der Waals surface area contributed by atoms with Gasteiger partial charge >= 0.3 is 0 Å². The second-order valence-electron chi connectivity index (χ2n) is 11.0. The number of terminal acetylenes is 1. The molecule has 4 saturated carbocycles. The highest BCUT2D eigenvalue weighted by molar-refractivity contribution is 5.92. The number of hydrogen-bond acceptors (Lipinski definition) is 4. The number of amides is 1. The molecule has 1 amide bonds. The van der Waals surface area contributed by atoms with Crippen molar-refractivity contribution >= 4 is 5.91 Å². The quantitative estimate of drug-likeness (QED) is 0.556. The molecule has 1 spiro atoms. The Labute approximate surface area is 168 Å². The highest BCUT2D eigenvalue weighted by Crippen LogP contribution is 2.73. The molecule has 4 aliphatic rings. The van der Waals surface area contributed by atoms with E-state index in [1.807, 2.05) is 0 Å². The number of aliphatic hydroxyl groups is 3.